The Labute approximate surface area is 198 Å². The molecule has 0 spiro atoms. The SMILES string of the molecule is CC1(C)C2CCC1(CS(=O)(=O)[NH+]([O-])C(=O)C(F)(F)C(F)(F)C(F)(F)F)C(OC(=O)C(F)S(=O)(=O)O)C2. The minimum absolute atomic E-state index is 0.137. The van der Waals surface area contributed by atoms with E-state index in [-0.39, 0.29) is 19.3 Å². The Hall–Kier alpha value is -1.64. The van der Waals surface area contributed by atoms with Crippen LogP contribution in [0.5, 0.6) is 0 Å². The van der Waals surface area contributed by atoms with Gasteiger partial charge in [-0.1, -0.05) is 13.8 Å². The van der Waals surface area contributed by atoms with Crippen LogP contribution in [0.15, 0.2) is 0 Å². The summed E-state index contributed by atoms with van der Waals surface area (Å²) in [7, 11) is -11.5. The van der Waals surface area contributed by atoms with Crippen LogP contribution in [0.25, 0.3) is 0 Å². The van der Waals surface area contributed by atoms with Crippen LogP contribution in [0.3, 0.4) is 0 Å². The predicted octanol–water partition coefficient (Wildman–Crippen LogP) is 0.980. The number of halogens is 8. The van der Waals surface area contributed by atoms with Gasteiger partial charge in [-0.3, -0.25) is 4.55 Å². The maximum atomic E-state index is 13.7. The highest BCUT2D eigenvalue weighted by molar-refractivity contribution is 7.87. The molecule has 20 heteroatoms. The Kier molecular flexibility index (Phi) is 7.39. The summed E-state index contributed by atoms with van der Waals surface area (Å²) in [6.45, 7) is 2.67. The number of carbonyl (C=O) groups excluding carboxylic acids is 2. The lowest BCUT2D eigenvalue weighted by Crippen LogP contribution is -3.15. The molecule has 2 saturated carbocycles. The second-order valence-corrected chi connectivity index (χ2v) is 12.5. The van der Waals surface area contributed by atoms with Gasteiger partial charge in [0, 0.05) is 5.41 Å². The van der Waals surface area contributed by atoms with Gasteiger partial charge in [0.1, 0.15) is 11.9 Å². The highest BCUT2D eigenvalue weighted by atomic mass is 32.2. The summed E-state index contributed by atoms with van der Waals surface area (Å²) >= 11 is 0. The van der Waals surface area contributed by atoms with Crippen LogP contribution in [-0.4, -0.2) is 68.6 Å². The van der Waals surface area contributed by atoms with Gasteiger partial charge in [-0.2, -0.15) is 52.0 Å². The second-order valence-electron chi connectivity index (χ2n) is 9.13. The van der Waals surface area contributed by atoms with E-state index in [1.165, 1.54) is 13.8 Å². The number of rotatable bonds is 8. The first-order valence-corrected chi connectivity index (χ1v) is 12.9. The molecule has 2 aliphatic rings. The zero-order valence-corrected chi connectivity index (χ0v) is 19.7. The van der Waals surface area contributed by atoms with Crippen molar-refractivity contribution in [2.75, 3.05) is 5.75 Å². The summed E-state index contributed by atoms with van der Waals surface area (Å²) in [4.78, 5) is 23.4. The molecule has 0 radical (unpaired) electrons. The van der Waals surface area contributed by atoms with Gasteiger partial charge in [-0.15, -0.1) is 0 Å². The van der Waals surface area contributed by atoms with Crippen molar-refractivity contribution in [2.24, 2.45) is 16.7 Å². The monoisotopic (exact) mass is 585 g/mol. The van der Waals surface area contributed by atoms with Crippen molar-refractivity contribution >= 4 is 32.0 Å². The van der Waals surface area contributed by atoms with Crippen LogP contribution in [0.4, 0.5) is 35.1 Å². The molecule has 0 aromatic rings. The van der Waals surface area contributed by atoms with Crippen LogP contribution in [0, 0.1) is 22.0 Å². The highest BCUT2D eigenvalue weighted by Crippen LogP contribution is 2.66. The van der Waals surface area contributed by atoms with Crippen LogP contribution in [0.2, 0.25) is 0 Å². The summed E-state index contributed by atoms with van der Waals surface area (Å²) in [5.41, 5.74) is -6.92. The van der Waals surface area contributed by atoms with Crippen LogP contribution >= 0.6 is 0 Å². The fourth-order valence-corrected chi connectivity index (χ4v) is 7.04. The fraction of sp³-hybridized carbons (Fsp3) is 0.875. The Bertz CT molecular complexity index is 1140. The number of amides is 1. The molecule has 1 amide bonds. The van der Waals surface area contributed by atoms with E-state index < -0.39 is 88.6 Å². The standard InChI is InChI=1S/C16H19F8NO9S2/c1-12(2)7-3-4-13(12,8(5-7)34-10(26)9(17)36(31,32)33)6-35(29,30)25(28)11(27)14(18,19)15(20,21)16(22,23)24/h7-9,25H,3-6H2,1-2H3,(H,31,32,33). The molecule has 36 heavy (non-hydrogen) atoms. The third-order valence-electron chi connectivity index (χ3n) is 7.01. The number of quaternary nitrogens is 1. The highest BCUT2D eigenvalue weighted by Gasteiger charge is 2.79. The van der Waals surface area contributed by atoms with E-state index in [0.29, 0.717) is 0 Å². The normalized spacial score (nSPS) is 28.6. The molecule has 10 nitrogen and oxygen atoms in total. The third-order valence-corrected chi connectivity index (χ3v) is 9.37. The summed E-state index contributed by atoms with van der Waals surface area (Å²) in [5.74, 6) is -22.2. The van der Waals surface area contributed by atoms with Gasteiger partial charge < -0.3 is 9.94 Å². The van der Waals surface area contributed by atoms with E-state index in [4.69, 9.17) is 9.29 Å². The summed E-state index contributed by atoms with van der Waals surface area (Å²) < 4.78 is 161. The molecule has 0 heterocycles. The maximum absolute atomic E-state index is 13.7. The molecule has 2 aliphatic carbocycles. The lowest BCUT2D eigenvalue weighted by Gasteiger charge is -2.42. The number of fused-ring (bicyclic) bond motifs is 2. The quantitative estimate of drug-likeness (QED) is 0.183. The average Bonchev–Trinajstić information content (AvgIpc) is 3.04. The van der Waals surface area contributed by atoms with Gasteiger partial charge in [-0.25, -0.2) is 14.0 Å². The molecule has 0 aliphatic heterocycles. The molecular weight excluding hydrogens is 566 g/mol. The van der Waals surface area contributed by atoms with E-state index >= 15 is 0 Å². The molecule has 5 unspecified atom stereocenters. The molecule has 0 aromatic heterocycles. The minimum atomic E-state index is -7.10. The van der Waals surface area contributed by atoms with Gasteiger partial charge in [0.05, 0.1) is 0 Å². The number of hydroxylamine groups is 1. The maximum Gasteiger partial charge on any atom is 0.460 e. The zero-order valence-electron chi connectivity index (χ0n) is 18.1. The molecule has 2 N–H and O–H groups in total. The number of hydrogen-bond acceptors (Lipinski definition) is 8. The van der Waals surface area contributed by atoms with Crippen molar-refractivity contribution in [1.82, 2.24) is 0 Å². The summed E-state index contributed by atoms with van der Waals surface area (Å²) in [6.07, 6.45) is -9.21. The number of esters is 1. The van der Waals surface area contributed by atoms with Crippen molar-refractivity contribution < 1.29 is 75.3 Å². The topological polar surface area (TPSA) is 159 Å². The van der Waals surface area contributed by atoms with Crippen LogP contribution < -0.4 is 4.47 Å². The van der Waals surface area contributed by atoms with Crippen LogP contribution in [-0.2, 0) is 34.5 Å². The van der Waals surface area contributed by atoms with E-state index in [9.17, 15) is 66.8 Å². The first-order chi connectivity index (χ1) is 15.8. The lowest BCUT2D eigenvalue weighted by atomic mass is 9.69. The number of ether oxygens (including phenoxy) is 1. The van der Waals surface area contributed by atoms with Gasteiger partial charge >= 0.3 is 55.5 Å². The fourth-order valence-electron chi connectivity index (χ4n) is 4.82. The molecular formula is C16H19F8NO9S2. The molecule has 2 fully saturated rings. The number of sulfonamides is 1. The van der Waals surface area contributed by atoms with Gasteiger partial charge in [0.2, 0.25) is 0 Å². The van der Waals surface area contributed by atoms with Gasteiger partial charge in [0.15, 0.2) is 0 Å². The number of alkyl halides is 8. The number of carbonyl (C=O) groups is 2. The zero-order chi connectivity index (χ0) is 28.5. The predicted molar refractivity (Wildman–Crippen MR) is 99.0 cm³/mol. The molecule has 2 rings (SSSR count). The van der Waals surface area contributed by atoms with E-state index in [2.05, 4.69) is 0 Å². The van der Waals surface area contributed by atoms with Crippen LogP contribution in [0.1, 0.15) is 33.1 Å². The largest absolute Gasteiger partial charge is 0.610 e. The Morgan fingerprint density at radius 3 is 2.03 bits per heavy atom. The molecule has 0 aromatic carbocycles. The third kappa shape index (κ3) is 4.58. The molecule has 2 bridgehead atoms. The Balaban J connectivity index is 2.43. The molecule has 5 atom stereocenters. The average molecular weight is 585 g/mol. The van der Waals surface area contributed by atoms with Crippen molar-refractivity contribution in [3.63, 3.8) is 0 Å². The summed E-state index contributed by atoms with van der Waals surface area (Å²) in [6, 6.07) is 0. The molecule has 210 valence electrons. The van der Waals surface area contributed by atoms with Crippen molar-refractivity contribution in [2.45, 2.75) is 62.7 Å². The second kappa shape index (κ2) is 8.70. The smallest absolute Gasteiger partial charge is 0.460 e. The van der Waals surface area contributed by atoms with Crippen molar-refractivity contribution in [1.29, 1.82) is 0 Å². The first-order valence-electron chi connectivity index (χ1n) is 9.72. The Morgan fingerprint density at radius 2 is 1.61 bits per heavy atom. The lowest BCUT2D eigenvalue weighted by molar-refractivity contribution is -0.631. The minimum Gasteiger partial charge on any atom is -0.610 e. The first kappa shape index (κ1) is 30.6. The Morgan fingerprint density at radius 1 is 1.11 bits per heavy atom. The van der Waals surface area contributed by atoms with Crippen molar-refractivity contribution in [3.05, 3.63) is 5.21 Å². The molecule has 0 saturated heterocycles. The van der Waals surface area contributed by atoms with E-state index in [1.807, 2.05) is 0 Å². The number of nitrogens with one attached hydrogen (secondary N) is 1. The number of hydrogen-bond donors (Lipinski definition) is 2. The van der Waals surface area contributed by atoms with E-state index in [1.54, 1.807) is 0 Å². The van der Waals surface area contributed by atoms with E-state index in [0.717, 1.165) is 0 Å². The van der Waals surface area contributed by atoms with Crippen molar-refractivity contribution in [3.8, 4) is 0 Å². The van der Waals surface area contributed by atoms with Gasteiger partial charge in [0.25, 0.3) is 0 Å². The summed E-state index contributed by atoms with van der Waals surface area (Å²) in [5, 5.41) is 12.0. The van der Waals surface area contributed by atoms with Gasteiger partial charge in [-0.05, 0) is 30.6 Å².